The van der Waals surface area contributed by atoms with E-state index in [0.717, 1.165) is 17.0 Å². The average molecular weight is 499 g/mol. The van der Waals surface area contributed by atoms with E-state index in [-0.39, 0.29) is 35.1 Å². The van der Waals surface area contributed by atoms with Gasteiger partial charge in [-0.15, -0.1) is 0 Å². The van der Waals surface area contributed by atoms with Gasteiger partial charge in [0.15, 0.2) is 5.78 Å². The number of rotatable bonds is 6. The molecular formula is C26H24F3N3O4. The highest BCUT2D eigenvalue weighted by molar-refractivity contribution is 6.15. The quantitative estimate of drug-likeness (QED) is 0.548. The van der Waals surface area contributed by atoms with E-state index in [1.165, 1.54) is 39.2 Å². The van der Waals surface area contributed by atoms with Crippen LogP contribution in [0, 0.1) is 22.7 Å². The number of benzene rings is 2. The molecule has 1 heterocycles. The number of amidine groups is 1. The first-order valence-electron chi connectivity index (χ1n) is 11.0. The molecule has 2 unspecified atom stereocenters. The standard InChI is InChI=1S/C26H24F3N3O4/c1-5-36-25(34)23-22(17-8-6-16(13-30)7-9-17)21(15(3)33)14(2)32(24(23)31)19-10-18(26(27,28)29)11-20(12-19)35-4/h6-12,22-23,31H,5H2,1-4H3. The van der Waals surface area contributed by atoms with Gasteiger partial charge in [-0.2, -0.15) is 18.4 Å². The van der Waals surface area contributed by atoms with E-state index in [1.807, 2.05) is 6.07 Å². The minimum Gasteiger partial charge on any atom is -0.497 e. The highest BCUT2D eigenvalue weighted by Gasteiger charge is 2.46. The maximum Gasteiger partial charge on any atom is 0.416 e. The number of nitriles is 1. The molecule has 3 rings (SSSR count). The molecule has 2 aromatic rings. The van der Waals surface area contributed by atoms with Crippen molar-refractivity contribution in [1.82, 2.24) is 0 Å². The van der Waals surface area contributed by atoms with Crippen molar-refractivity contribution in [3.05, 3.63) is 70.4 Å². The van der Waals surface area contributed by atoms with Gasteiger partial charge in [0, 0.05) is 23.3 Å². The highest BCUT2D eigenvalue weighted by atomic mass is 19.4. The number of hydrogen-bond acceptors (Lipinski definition) is 6. The summed E-state index contributed by atoms with van der Waals surface area (Å²) < 4.78 is 51.1. The second-order valence-corrected chi connectivity index (χ2v) is 8.13. The molecule has 1 aliphatic heterocycles. The molecule has 0 saturated carbocycles. The Morgan fingerprint density at radius 3 is 2.31 bits per heavy atom. The van der Waals surface area contributed by atoms with Crippen LogP contribution in [0.25, 0.3) is 0 Å². The van der Waals surface area contributed by atoms with Crippen molar-refractivity contribution in [3.63, 3.8) is 0 Å². The first-order chi connectivity index (χ1) is 16.9. The summed E-state index contributed by atoms with van der Waals surface area (Å²) in [4.78, 5) is 27.2. The third-order valence-corrected chi connectivity index (χ3v) is 5.94. The van der Waals surface area contributed by atoms with Gasteiger partial charge in [-0.1, -0.05) is 12.1 Å². The van der Waals surface area contributed by atoms with Crippen LogP contribution >= 0.6 is 0 Å². The smallest absolute Gasteiger partial charge is 0.416 e. The van der Waals surface area contributed by atoms with E-state index < -0.39 is 35.3 Å². The number of halogens is 3. The van der Waals surface area contributed by atoms with Gasteiger partial charge < -0.3 is 14.4 Å². The average Bonchev–Trinajstić information content (AvgIpc) is 2.82. The lowest BCUT2D eigenvalue weighted by molar-refractivity contribution is -0.146. The molecular weight excluding hydrogens is 475 g/mol. The van der Waals surface area contributed by atoms with Gasteiger partial charge in [0.2, 0.25) is 0 Å². The molecule has 36 heavy (non-hydrogen) atoms. The van der Waals surface area contributed by atoms with Crippen LogP contribution in [0.3, 0.4) is 0 Å². The fraction of sp³-hybridized carbons (Fsp3) is 0.308. The zero-order chi connectivity index (χ0) is 26.8. The number of methoxy groups -OCH3 is 1. The van der Waals surface area contributed by atoms with E-state index in [4.69, 9.17) is 20.1 Å². The monoisotopic (exact) mass is 499 g/mol. The number of Topliss-reactive ketones (excluding diaryl/α,β-unsaturated/α-hetero) is 1. The highest BCUT2D eigenvalue weighted by Crippen LogP contribution is 2.45. The predicted octanol–water partition coefficient (Wildman–Crippen LogP) is 5.21. The van der Waals surface area contributed by atoms with E-state index in [9.17, 15) is 22.8 Å². The number of allylic oxidation sites excluding steroid dienone is 2. The van der Waals surface area contributed by atoms with Gasteiger partial charge >= 0.3 is 12.1 Å². The molecule has 1 N–H and O–H groups in total. The van der Waals surface area contributed by atoms with Crippen LogP contribution in [-0.4, -0.2) is 31.3 Å². The molecule has 0 bridgehead atoms. The summed E-state index contributed by atoms with van der Waals surface area (Å²) in [6.07, 6.45) is -4.70. The van der Waals surface area contributed by atoms with Crippen LogP contribution in [-0.2, 0) is 20.5 Å². The second kappa shape index (κ2) is 10.2. The number of esters is 1. The van der Waals surface area contributed by atoms with Crippen LogP contribution in [0.1, 0.15) is 43.4 Å². The first-order valence-corrected chi connectivity index (χ1v) is 11.0. The molecule has 0 amide bonds. The lowest BCUT2D eigenvalue weighted by atomic mass is 9.74. The van der Waals surface area contributed by atoms with Crippen LogP contribution < -0.4 is 9.64 Å². The van der Waals surface area contributed by atoms with Crippen molar-refractivity contribution in [1.29, 1.82) is 10.7 Å². The maximum absolute atomic E-state index is 13.6. The zero-order valence-electron chi connectivity index (χ0n) is 20.1. The van der Waals surface area contributed by atoms with Crippen LogP contribution in [0.4, 0.5) is 18.9 Å². The number of ether oxygens (including phenoxy) is 2. The molecule has 2 aromatic carbocycles. The minimum absolute atomic E-state index is 0.00180. The van der Waals surface area contributed by atoms with Gasteiger partial charge in [0.05, 0.1) is 36.6 Å². The largest absolute Gasteiger partial charge is 0.497 e. The lowest BCUT2D eigenvalue weighted by Gasteiger charge is -2.41. The summed E-state index contributed by atoms with van der Waals surface area (Å²) in [6, 6.07) is 11.2. The number of alkyl halides is 3. The molecule has 0 fully saturated rings. The number of anilines is 1. The number of ketones is 1. The van der Waals surface area contributed by atoms with Crippen molar-refractivity contribution in [2.75, 3.05) is 18.6 Å². The van der Waals surface area contributed by atoms with Gasteiger partial charge in [-0.3, -0.25) is 15.0 Å². The topological polar surface area (TPSA) is 103 Å². The Morgan fingerprint density at radius 2 is 1.81 bits per heavy atom. The summed E-state index contributed by atoms with van der Waals surface area (Å²) in [5, 5.41) is 18.1. The number of carbonyl (C=O) groups is 2. The van der Waals surface area contributed by atoms with Crippen molar-refractivity contribution in [2.45, 2.75) is 32.9 Å². The number of carbonyl (C=O) groups excluding carboxylic acids is 2. The van der Waals surface area contributed by atoms with E-state index in [0.29, 0.717) is 11.1 Å². The first kappa shape index (κ1) is 26.5. The van der Waals surface area contributed by atoms with Crippen LogP contribution in [0.5, 0.6) is 5.75 Å². The number of hydrogen-bond donors (Lipinski definition) is 1. The normalized spacial score (nSPS) is 18.1. The maximum atomic E-state index is 13.6. The van der Waals surface area contributed by atoms with Crippen LogP contribution in [0.15, 0.2) is 53.7 Å². The molecule has 0 saturated heterocycles. The molecule has 0 aromatic heterocycles. The zero-order valence-corrected chi connectivity index (χ0v) is 20.1. The van der Waals surface area contributed by atoms with E-state index in [1.54, 1.807) is 19.1 Å². The summed E-state index contributed by atoms with van der Waals surface area (Å²) in [5.74, 6) is -3.95. The fourth-order valence-corrected chi connectivity index (χ4v) is 4.39. The van der Waals surface area contributed by atoms with Gasteiger partial charge in [0.1, 0.15) is 17.5 Å². The van der Waals surface area contributed by atoms with Gasteiger partial charge in [0.25, 0.3) is 0 Å². The predicted molar refractivity (Wildman–Crippen MR) is 126 cm³/mol. The van der Waals surface area contributed by atoms with E-state index >= 15 is 0 Å². The molecule has 0 aliphatic carbocycles. The Morgan fingerprint density at radius 1 is 1.17 bits per heavy atom. The summed E-state index contributed by atoms with van der Waals surface area (Å²) in [5.41, 5.74) is 0.0934. The molecule has 0 radical (unpaired) electrons. The van der Waals surface area contributed by atoms with Gasteiger partial charge in [-0.25, -0.2) is 0 Å². The Labute approximate surface area is 206 Å². The Balaban J connectivity index is 2.32. The number of nitrogens with zero attached hydrogens (tertiary/aromatic N) is 2. The summed E-state index contributed by atoms with van der Waals surface area (Å²) in [6.45, 7) is 4.38. The third-order valence-electron chi connectivity index (χ3n) is 5.94. The fourth-order valence-electron chi connectivity index (χ4n) is 4.39. The molecule has 0 spiro atoms. The summed E-state index contributed by atoms with van der Waals surface area (Å²) >= 11 is 0. The Kier molecular flexibility index (Phi) is 7.53. The lowest BCUT2D eigenvalue weighted by Crippen LogP contribution is -2.48. The van der Waals surface area contributed by atoms with Crippen molar-refractivity contribution in [3.8, 4) is 11.8 Å². The second-order valence-electron chi connectivity index (χ2n) is 8.13. The third kappa shape index (κ3) is 4.96. The molecule has 7 nitrogen and oxygen atoms in total. The van der Waals surface area contributed by atoms with Crippen LogP contribution in [0.2, 0.25) is 0 Å². The molecule has 188 valence electrons. The Bertz CT molecular complexity index is 1280. The van der Waals surface area contributed by atoms with E-state index in [2.05, 4.69) is 0 Å². The van der Waals surface area contributed by atoms with Gasteiger partial charge in [-0.05, 0) is 50.6 Å². The molecule has 2 atom stereocenters. The molecule has 1 aliphatic rings. The molecule has 10 heteroatoms. The number of nitrogens with one attached hydrogen (secondary N) is 1. The SMILES string of the molecule is CCOC(=O)C1C(=N)N(c2cc(OC)cc(C(F)(F)F)c2)C(C)=C(C(C)=O)C1c1ccc(C#N)cc1. The minimum atomic E-state index is -4.70. The van der Waals surface area contributed by atoms with Crippen molar-refractivity contribution >= 4 is 23.3 Å². The van der Waals surface area contributed by atoms with Crippen molar-refractivity contribution < 1.29 is 32.2 Å². The summed E-state index contributed by atoms with van der Waals surface area (Å²) in [7, 11) is 1.22. The Hall–Kier alpha value is -4.13. The van der Waals surface area contributed by atoms with Crippen molar-refractivity contribution in [2.24, 2.45) is 5.92 Å².